The van der Waals surface area contributed by atoms with E-state index < -0.39 is 16.1 Å². The molecule has 0 unspecified atom stereocenters. The Labute approximate surface area is 177 Å². The van der Waals surface area contributed by atoms with Gasteiger partial charge in [0.15, 0.2) is 11.2 Å². The summed E-state index contributed by atoms with van der Waals surface area (Å²) >= 11 is 7.06. The Balaban J connectivity index is 1.45. The number of sulfonamides is 1. The van der Waals surface area contributed by atoms with Crippen LogP contribution < -0.4 is 14.4 Å². The minimum atomic E-state index is -3.73. The van der Waals surface area contributed by atoms with E-state index in [9.17, 15) is 13.2 Å². The highest BCUT2D eigenvalue weighted by atomic mass is 35.5. The summed E-state index contributed by atoms with van der Waals surface area (Å²) in [5, 5.41) is 2.57. The number of amides is 1. The van der Waals surface area contributed by atoms with Gasteiger partial charge in [-0.15, -0.1) is 11.3 Å². The summed E-state index contributed by atoms with van der Waals surface area (Å²) in [4.78, 5) is 18.3. The average Bonchev–Trinajstić information content (AvgIpc) is 3.34. The fraction of sp³-hybridized carbons (Fsp3) is 0.158. The maximum absolute atomic E-state index is 12.7. The molecule has 1 atom stereocenters. The molecule has 1 amide bonds. The molecule has 0 aliphatic carbocycles. The van der Waals surface area contributed by atoms with Crippen molar-refractivity contribution < 1.29 is 17.9 Å². The predicted molar refractivity (Wildman–Crippen MR) is 112 cm³/mol. The lowest BCUT2D eigenvalue weighted by Crippen LogP contribution is -2.32. The van der Waals surface area contributed by atoms with Gasteiger partial charge in [0.1, 0.15) is 5.75 Å². The highest BCUT2D eigenvalue weighted by Gasteiger charge is 2.34. The molecule has 0 saturated carbocycles. The molecule has 0 bridgehead atoms. The number of carbonyl (C=O) groups excluding carboxylic acids is 1. The highest BCUT2D eigenvalue weighted by molar-refractivity contribution is 7.93. The summed E-state index contributed by atoms with van der Waals surface area (Å²) in [6.07, 6.45) is 1.46. The van der Waals surface area contributed by atoms with E-state index >= 15 is 0 Å². The van der Waals surface area contributed by atoms with Crippen molar-refractivity contribution >= 4 is 49.7 Å². The van der Waals surface area contributed by atoms with Crippen LogP contribution >= 0.6 is 22.9 Å². The fourth-order valence-corrected chi connectivity index (χ4v) is 4.86. The molecule has 1 aromatic heterocycles. The van der Waals surface area contributed by atoms with Gasteiger partial charge in [0.25, 0.3) is 15.9 Å². The van der Waals surface area contributed by atoms with Crippen LogP contribution in [0.4, 0.5) is 10.8 Å². The molecule has 0 spiro atoms. The quantitative estimate of drug-likeness (QED) is 0.618. The van der Waals surface area contributed by atoms with E-state index in [1.807, 2.05) is 0 Å². The van der Waals surface area contributed by atoms with Crippen LogP contribution in [0.5, 0.6) is 5.75 Å². The van der Waals surface area contributed by atoms with Crippen molar-refractivity contribution in [3.05, 3.63) is 65.1 Å². The Bertz CT molecular complexity index is 1100. The number of aromatic nitrogens is 1. The predicted octanol–water partition coefficient (Wildman–Crippen LogP) is 3.78. The molecule has 0 radical (unpaired) electrons. The lowest BCUT2D eigenvalue weighted by Gasteiger charge is -2.18. The molecule has 150 valence electrons. The molecule has 1 N–H and O–H groups in total. The van der Waals surface area contributed by atoms with Crippen molar-refractivity contribution in [1.82, 2.24) is 4.98 Å². The zero-order chi connectivity index (χ0) is 20.4. The third kappa shape index (κ3) is 4.36. The molecule has 10 heteroatoms. The minimum Gasteiger partial charge on any atom is -0.481 e. The number of nitrogens with one attached hydrogen (secondary N) is 1. The molecule has 2 aromatic carbocycles. The van der Waals surface area contributed by atoms with Crippen LogP contribution in [0.15, 0.2) is 65.0 Å². The number of ether oxygens (including phenoxy) is 1. The van der Waals surface area contributed by atoms with Crippen molar-refractivity contribution in [3.8, 4) is 5.75 Å². The Hall–Kier alpha value is -2.62. The zero-order valence-corrected chi connectivity index (χ0v) is 17.4. The van der Waals surface area contributed by atoms with Crippen molar-refractivity contribution in [2.24, 2.45) is 0 Å². The molecular formula is C19H16ClN3O4S2. The van der Waals surface area contributed by atoms with Gasteiger partial charge < -0.3 is 9.64 Å². The van der Waals surface area contributed by atoms with E-state index in [0.717, 1.165) is 0 Å². The second kappa shape index (κ2) is 8.02. The standard InChI is InChI=1S/C19H16ClN3O4S2/c20-13-1-5-15(6-2-13)27-17-9-11-23(18(17)24)14-3-7-16(8-4-14)29(25,26)22-19-21-10-12-28-19/h1-8,10,12,17H,9,11H2,(H,21,22)/t17-/m0/s1. The first kappa shape index (κ1) is 19.7. The highest BCUT2D eigenvalue weighted by Crippen LogP contribution is 2.27. The van der Waals surface area contributed by atoms with Gasteiger partial charge in [0, 0.05) is 35.3 Å². The first-order chi connectivity index (χ1) is 13.9. The summed E-state index contributed by atoms with van der Waals surface area (Å²) in [5.74, 6) is 0.403. The number of hydrogen-bond acceptors (Lipinski definition) is 6. The minimum absolute atomic E-state index is 0.0945. The lowest BCUT2D eigenvalue weighted by atomic mass is 10.3. The number of benzene rings is 2. The lowest BCUT2D eigenvalue weighted by molar-refractivity contribution is -0.122. The van der Waals surface area contributed by atoms with Gasteiger partial charge in [-0.2, -0.15) is 0 Å². The van der Waals surface area contributed by atoms with Crippen molar-refractivity contribution in [2.45, 2.75) is 17.4 Å². The molecule has 3 aromatic rings. The van der Waals surface area contributed by atoms with Crippen LogP contribution in [0.2, 0.25) is 5.02 Å². The van der Waals surface area contributed by atoms with Gasteiger partial charge in [-0.3, -0.25) is 9.52 Å². The van der Waals surface area contributed by atoms with Crippen LogP contribution in [0.1, 0.15) is 6.42 Å². The Kier molecular flexibility index (Phi) is 5.44. The van der Waals surface area contributed by atoms with E-state index in [0.29, 0.717) is 34.6 Å². The van der Waals surface area contributed by atoms with Gasteiger partial charge in [-0.25, -0.2) is 13.4 Å². The third-order valence-electron chi connectivity index (χ3n) is 4.36. The largest absolute Gasteiger partial charge is 0.481 e. The Morgan fingerprint density at radius 1 is 1.14 bits per heavy atom. The third-order valence-corrected chi connectivity index (χ3v) is 6.79. The van der Waals surface area contributed by atoms with E-state index in [4.69, 9.17) is 16.3 Å². The van der Waals surface area contributed by atoms with E-state index in [2.05, 4.69) is 9.71 Å². The maximum Gasteiger partial charge on any atom is 0.268 e. The number of halogens is 1. The zero-order valence-electron chi connectivity index (χ0n) is 15.0. The van der Waals surface area contributed by atoms with E-state index in [-0.39, 0.29) is 10.8 Å². The summed E-state index contributed by atoms with van der Waals surface area (Å²) in [6, 6.07) is 13.0. The number of thiazole rings is 1. The Morgan fingerprint density at radius 3 is 2.52 bits per heavy atom. The number of anilines is 2. The second-order valence-corrected chi connectivity index (χ2v) is 9.29. The maximum atomic E-state index is 12.7. The van der Waals surface area contributed by atoms with Crippen LogP contribution in [-0.4, -0.2) is 32.0 Å². The first-order valence-electron chi connectivity index (χ1n) is 8.68. The van der Waals surface area contributed by atoms with Crippen molar-refractivity contribution in [3.63, 3.8) is 0 Å². The monoisotopic (exact) mass is 449 g/mol. The Morgan fingerprint density at radius 2 is 1.86 bits per heavy atom. The van der Waals surface area contributed by atoms with E-state index in [1.165, 1.54) is 29.7 Å². The van der Waals surface area contributed by atoms with Gasteiger partial charge in [0.05, 0.1) is 4.90 Å². The average molecular weight is 450 g/mol. The summed E-state index contributed by atoms with van der Waals surface area (Å²) in [6.45, 7) is 0.487. The molecule has 2 heterocycles. The topological polar surface area (TPSA) is 88.6 Å². The normalized spacial score (nSPS) is 16.8. The van der Waals surface area contributed by atoms with Crippen molar-refractivity contribution in [1.29, 1.82) is 0 Å². The van der Waals surface area contributed by atoms with Crippen LogP contribution in [0.25, 0.3) is 0 Å². The van der Waals surface area contributed by atoms with E-state index in [1.54, 1.807) is 46.7 Å². The van der Waals surface area contributed by atoms with Gasteiger partial charge in [-0.05, 0) is 48.5 Å². The number of nitrogens with zero attached hydrogens (tertiary/aromatic N) is 2. The van der Waals surface area contributed by atoms with Gasteiger partial charge in [-0.1, -0.05) is 11.6 Å². The molecular weight excluding hydrogens is 434 g/mol. The van der Waals surface area contributed by atoms with Crippen LogP contribution in [-0.2, 0) is 14.8 Å². The number of hydrogen-bond donors (Lipinski definition) is 1. The molecule has 1 fully saturated rings. The molecule has 7 nitrogen and oxygen atoms in total. The van der Waals surface area contributed by atoms with Crippen LogP contribution in [0, 0.1) is 0 Å². The fourth-order valence-electron chi connectivity index (χ4n) is 2.95. The number of carbonyl (C=O) groups is 1. The van der Waals surface area contributed by atoms with Crippen molar-refractivity contribution in [2.75, 3.05) is 16.2 Å². The van der Waals surface area contributed by atoms with Gasteiger partial charge >= 0.3 is 0 Å². The smallest absolute Gasteiger partial charge is 0.268 e. The molecule has 1 saturated heterocycles. The molecule has 1 aliphatic rings. The molecule has 29 heavy (non-hydrogen) atoms. The van der Waals surface area contributed by atoms with Crippen LogP contribution in [0.3, 0.4) is 0 Å². The second-order valence-electron chi connectivity index (χ2n) is 6.28. The first-order valence-corrected chi connectivity index (χ1v) is 11.4. The molecule has 1 aliphatic heterocycles. The summed E-state index contributed by atoms with van der Waals surface area (Å²) in [7, 11) is -3.73. The summed E-state index contributed by atoms with van der Waals surface area (Å²) < 4.78 is 33.0. The summed E-state index contributed by atoms with van der Waals surface area (Å²) in [5.41, 5.74) is 0.616. The number of rotatable bonds is 6. The molecule has 4 rings (SSSR count). The van der Waals surface area contributed by atoms with Gasteiger partial charge in [0.2, 0.25) is 0 Å². The SMILES string of the molecule is O=C1[C@@H](Oc2ccc(Cl)cc2)CCN1c1ccc(S(=O)(=O)Nc2nccs2)cc1.